The Labute approximate surface area is 201 Å². The molecule has 1 aliphatic heterocycles. The lowest BCUT2D eigenvalue weighted by atomic mass is 9.94. The Bertz CT molecular complexity index is 1360. The van der Waals surface area contributed by atoms with Crippen molar-refractivity contribution in [1.29, 1.82) is 5.26 Å². The van der Waals surface area contributed by atoms with Crippen LogP contribution in [0.15, 0.2) is 41.8 Å². The van der Waals surface area contributed by atoms with Gasteiger partial charge in [-0.25, -0.2) is 18.2 Å². The maximum absolute atomic E-state index is 15.3. The number of aliphatic imine (C=N–C) groups is 1. The average molecular weight is 482 g/mol. The maximum Gasteiger partial charge on any atom is 0.185 e. The fourth-order valence-electron chi connectivity index (χ4n) is 4.35. The summed E-state index contributed by atoms with van der Waals surface area (Å²) < 4.78 is 46.3. The Morgan fingerprint density at radius 2 is 1.94 bits per heavy atom. The standard InChI is InChI=1S/C25H26F3N7/c1-14(35-7-5-17(31)6-8-35)33-24(15-3-4-16(11-29)20(26)9-15)19(12-30)18-10-21-25(23(28)22(18)27)34(2)13-32-21/h3-4,9-10,12-14,17H,5-8,30-31H2,1-2H3/b19-12-,33-24?. The van der Waals surface area contributed by atoms with E-state index < -0.39 is 17.5 Å². The number of rotatable bonds is 5. The van der Waals surface area contributed by atoms with E-state index in [0.29, 0.717) is 13.1 Å². The molecule has 3 aromatic rings. The SMILES string of the molecule is CC(N=C(/C(=C\N)c1cc2ncn(C)c2c(F)c1F)c1ccc(C#N)c(F)c1)N1CCC(N)CC1. The van der Waals surface area contributed by atoms with E-state index in [2.05, 4.69) is 9.88 Å². The number of likely N-dealkylation sites (tertiary alicyclic amines) is 1. The lowest BCUT2D eigenvalue weighted by Gasteiger charge is -2.33. The summed E-state index contributed by atoms with van der Waals surface area (Å²) in [6, 6.07) is 7.27. The predicted molar refractivity (Wildman–Crippen MR) is 129 cm³/mol. The Kier molecular flexibility index (Phi) is 6.91. The summed E-state index contributed by atoms with van der Waals surface area (Å²) in [4.78, 5) is 11.0. The summed E-state index contributed by atoms with van der Waals surface area (Å²) in [5.74, 6) is -2.94. The number of hydrogen-bond donors (Lipinski definition) is 2. The fraction of sp³-hybridized carbons (Fsp3) is 0.320. The molecule has 182 valence electrons. The van der Waals surface area contributed by atoms with Crippen molar-refractivity contribution >= 4 is 22.3 Å². The van der Waals surface area contributed by atoms with Crippen LogP contribution in [0.25, 0.3) is 16.6 Å². The predicted octanol–water partition coefficient (Wildman–Crippen LogP) is 3.42. The first-order valence-electron chi connectivity index (χ1n) is 11.2. The van der Waals surface area contributed by atoms with Crippen LogP contribution in [0.4, 0.5) is 13.2 Å². The summed E-state index contributed by atoms with van der Waals surface area (Å²) in [5.41, 5.74) is 12.5. The van der Waals surface area contributed by atoms with Crippen LogP contribution in [0.3, 0.4) is 0 Å². The fourth-order valence-corrected chi connectivity index (χ4v) is 4.35. The summed E-state index contributed by atoms with van der Waals surface area (Å²) in [6.07, 6.45) is 3.74. The molecule has 1 unspecified atom stereocenters. The van der Waals surface area contributed by atoms with Crippen molar-refractivity contribution in [3.63, 3.8) is 0 Å². The minimum Gasteiger partial charge on any atom is -0.404 e. The third-order valence-electron chi connectivity index (χ3n) is 6.38. The van der Waals surface area contributed by atoms with Crippen LogP contribution in [-0.2, 0) is 7.05 Å². The molecule has 0 bridgehead atoms. The van der Waals surface area contributed by atoms with Crippen molar-refractivity contribution in [1.82, 2.24) is 14.5 Å². The van der Waals surface area contributed by atoms with E-state index in [1.807, 2.05) is 6.92 Å². The first-order valence-corrected chi connectivity index (χ1v) is 11.2. The largest absolute Gasteiger partial charge is 0.404 e. The van der Waals surface area contributed by atoms with Gasteiger partial charge in [-0.1, -0.05) is 6.07 Å². The van der Waals surface area contributed by atoms with E-state index >= 15 is 8.78 Å². The van der Waals surface area contributed by atoms with Gasteiger partial charge in [0.15, 0.2) is 11.6 Å². The smallest absolute Gasteiger partial charge is 0.185 e. The molecule has 7 nitrogen and oxygen atoms in total. The number of allylic oxidation sites excluding steroid dienone is 1. The molecule has 0 spiro atoms. The van der Waals surface area contributed by atoms with E-state index in [4.69, 9.17) is 21.7 Å². The van der Waals surface area contributed by atoms with Gasteiger partial charge >= 0.3 is 0 Å². The third-order valence-corrected chi connectivity index (χ3v) is 6.38. The summed E-state index contributed by atoms with van der Waals surface area (Å²) in [7, 11) is 1.57. The van der Waals surface area contributed by atoms with Gasteiger partial charge in [-0.05, 0) is 38.0 Å². The van der Waals surface area contributed by atoms with Gasteiger partial charge in [0.05, 0.1) is 29.3 Å². The molecule has 0 amide bonds. The zero-order chi connectivity index (χ0) is 25.3. The van der Waals surface area contributed by atoms with Crippen molar-refractivity contribution in [3.8, 4) is 6.07 Å². The molecule has 10 heteroatoms. The molecule has 4 N–H and O–H groups in total. The normalized spacial score (nSPS) is 17.1. The molecule has 0 saturated carbocycles. The minimum atomic E-state index is -1.11. The highest BCUT2D eigenvalue weighted by Gasteiger charge is 2.25. The van der Waals surface area contributed by atoms with Gasteiger partial charge in [-0.2, -0.15) is 5.26 Å². The monoisotopic (exact) mass is 481 g/mol. The van der Waals surface area contributed by atoms with Crippen molar-refractivity contribution in [2.24, 2.45) is 23.5 Å². The molecule has 4 rings (SSSR count). The Morgan fingerprint density at radius 3 is 2.57 bits per heavy atom. The van der Waals surface area contributed by atoms with Crippen LogP contribution in [0, 0.1) is 28.8 Å². The molecular weight excluding hydrogens is 455 g/mol. The Hall–Kier alpha value is -3.68. The number of piperidine rings is 1. The number of imidazole rings is 1. The number of nitrogens with two attached hydrogens (primary N) is 2. The summed E-state index contributed by atoms with van der Waals surface area (Å²) in [6.45, 7) is 3.29. The number of halogens is 3. The second-order valence-corrected chi connectivity index (χ2v) is 8.65. The number of benzene rings is 2. The van der Waals surface area contributed by atoms with Crippen molar-refractivity contribution < 1.29 is 13.2 Å². The zero-order valence-electron chi connectivity index (χ0n) is 19.5. The van der Waals surface area contributed by atoms with Crippen LogP contribution in [0.1, 0.15) is 36.5 Å². The van der Waals surface area contributed by atoms with Gasteiger partial charge in [0.2, 0.25) is 0 Å². The zero-order valence-corrected chi connectivity index (χ0v) is 19.5. The second-order valence-electron chi connectivity index (χ2n) is 8.65. The molecule has 1 fully saturated rings. The average Bonchev–Trinajstić information content (AvgIpc) is 3.22. The highest BCUT2D eigenvalue weighted by molar-refractivity contribution is 6.32. The van der Waals surface area contributed by atoms with Gasteiger partial charge < -0.3 is 16.0 Å². The van der Waals surface area contributed by atoms with Gasteiger partial charge in [-0.15, -0.1) is 0 Å². The quantitative estimate of drug-likeness (QED) is 0.543. The number of aryl methyl sites for hydroxylation is 1. The lowest BCUT2D eigenvalue weighted by Crippen LogP contribution is -2.43. The van der Waals surface area contributed by atoms with E-state index in [1.54, 1.807) is 13.1 Å². The molecular formula is C25H26F3N7. The number of nitrogens with zero attached hydrogens (tertiary/aromatic N) is 5. The number of nitriles is 1. The minimum absolute atomic E-state index is 0.0172. The number of hydrogen-bond acceptors (Lipinski definition) is 6. The highest BCUT2D eigenvalue weighted by Crippen LogP contribution is 2.30. The van der Waals surface area contributed by atoms with Crippen molar-refractivity contribution in [2.45, 2.75) is 32.0 Å². The third kappa shape index (κ3) is 4.65. The number of aromatic nitrogens is 2. The Balaban J connectivity index is 1.87. The van der Waals surface area contributed by atoms with E-state index in [9.17, 15) is 4.39 Å². The van der Waals surface area contributed by atoms with Gasteiger partial charge in [0.25, 0.3) is 0 Å². The first-order chi connectivity index (χ1) is 16.7. The maximum atomic E-state index is 15.3. The molecule has 0 radical (unpaired) electrons. The molecule has 1 saturated heterocycles. The molecule has 1 aliphatic rings. The first kappa shape index (κ1) is 24.4. The lowest BCUT2D eigenvalue weighted by molar-refractivity contribution is 0.167. The van der Waals surface area contributed by atoms with Crippen LogP contribution < -0.4 is 11.5 Å². The molecule has 1 atom stereocenters. The van der Waals surface area contributed by atoms with Gasteiger partial charge in [-0.3, -0.25) is 9.89 Å². The van der Waals surface area contributed by atoms with E-state index in [-0.39, 0.29) is 51.2 Å². The van der Waals surface area contributed by atoms with Gasteiger partial charge in [0.1, 0.15) is 17.4 Å². The van der Waals surface area contributed by atoms with Crippen LogP contribution >= 0.6 is 0 Å². The molecule has 2 heterocycles. The van der Waals surface area contributed by atoms with Crippen LogP contribution in [-0.4, -0.2) is 45.5 Å². The Morgan fingerprint density at radius 1 is 1.23 bits per heavy atom. The van der Waals surface area contributed by atoms with E-state index in [0.717, 1.165) is 25.1 Å². The van der Waals surface area contributed by atoms with Crippen molar-refractivity contribution in [3.05, 3.63) is 70.9 Å². The molecule has 0 aliphatic carbocycles. The highest BCUT2D eigenvalue weighted by atomic mass is 19.2. The van der Waals surface area contributed by atoms with Crippen LogP contribution in [0.5, 0.6) is 0 Å². The number of fused-ring (bicyclic) bond motifs is 1. The molecule has 2 aromatic carbocycles. The summed E-state index contributed by atoms with van der Waals surface area (Å²) in [5, 5.41) is 9.12. The second kappa shape index (κ2) is 9.90. The molecule has 1 aromatic heterocycles. The van der Waals surface area contributed by atoms with Crippen LogP contribution in [0.2, 0.25) is 0 Å². The summed E-state index contributed by atoms with van der Waals surface area (Å²) >= 11 is 0. The van der Waals surface area contributed by atoms with Gasteiger partial charge in [0, 0.05) is 49.1 Å². The molecule has 35 heavy (non-hydrogen) atoms. The topological polar surface area (TPSA) is 109 Å². The van der Waals surface area contributed by atoms with Crippen molar-refractivity contribution in [2.75, 3.05) is 13.1 Å². The van der Waals surface area contributed by atoms with E-state index in [1.165, 1.54) is 29.1 Å².